The first-order chi connectivity index (χ1) is 41.8. The first-order valence-corrected chi connectivity index (χ1v) is 30.2. The van der Waals surface area contributed by atoms with Crippen molar-refractivity contribution in [3.8, 4) is 23.3 Å². The van der Waals surface area contributed by atoms with Gasteiger partial charge in [-0.2, -0.15) is 0 Å². The maximum Gasteiger partial charge on any atom is 0.323 e. The van der Waals surface area contributed by atoms with Crippen LogP contribution in [0, 0.1) is 11.8 Å². The van der Waals surface area contributed by atoms with Gasteiger partial charge in [0.05, 0.1) is 55.8 Å². The number of anilines is 4. The average molecular weight is 1180 g/mol. The summed E-state index contributed by atoms with van der Waals surface area (Å²) in [6.45, 7) is 14.2. The molecule has 4 heterocycles. The molecule has 18 heteroatoms. The zero-order valence-electron chi connectivity index (χ0n) is 50.5. The summed E-state index contributed by atoms with van der Waals surface area (Å²) in [6.07, 6.45) is 17.7. The van der Waals surface area contributed by atoms with Crippen molar-refractivity contribution in [3.63, 3.8) is 0 Å². The molecule has 0 fully saturated rings. The lowest BCUT2D eigenvalue weighted by Crippen LogP contribution is -2.35. The summed E-state index contributed by atoms with van der Waals surface area (Å²) in [4.78, 5) is 32.4. The van der Waals surface area contributed by atoms with Crippen LogP contribution < -0.4 is 41.4 Å². The van der Waals surface area contributed by atoms with Crippen LogP contribution in [0.3, 0.4) is 0 Å². The number of hydrogen-bond donors (Lipinski definition) is 8. The van der Waals surface area contributed by atoms with Crippen LogP contribution in [0.4, 0.5) is 32.3 Å². The van der Waals surface area contributed by atoms with Gasteiger partial charge in [0.15, 0.2) is 0 Å². The van der Waals surface area contributed by atoms with Crippen LogP contribution in [0.1, 0.15) is 144 Å². The Morgan fingerprint density at radius 1 is 0.547 bits per heavy atom. The van der Waals surface area contributed by atoms with Gasteiger partial charge in [-0.3, -0.25) is 9.97 Å². The molecule has 4 amide bonds. The molecule has 0 saturated carbocycles. The van der Waals surface area contributed by atoms with Crippen LogP contribution in [-0.4, -0.2) is 96.4 Å². The SMILES string of the molecule is CC1(C)OCc2cc([C@@H](O)CNCCCCCCOCCC#Cc3cccc(NC(=O)Nc4cccnc4)c3)ccc2O1.CC1(C)OCc2cc([C@@H](O)CNCCCCCCOCCCCc3cccc(NC(=O)Nc4cccnc4)c3)ccc2O1. The van der Waals surface area contributed by atoms with Crippen molar-refractivity contribution < 1.29 is 48.2 Å². The summed E-state index contributed by atoms with van der Waals surface area (Å²) in [5.74, 6) is 6.67. The van der Waals surface area contributed by atoms with Gasteiger partial charge in [-0.25, -0.2) is 9.59 Å². The van der Waals surface area contributed by atoms with Crippen LogP contribution in [0.15, 0.2) is 134 Å². The first kappa shape index (κ1) is 66.1. The van der Waals surface area contributed by atoms with Crippen molar-refractivity contribution in [2.75, 3.05) is 73.9 Å². The van der Waals surface area contributed by atoms with Gasteiger partial charge in [0.25, 0.3) is 0 Å². The van der Waals surface area contributed by atoms with E-state index < -0.39 is 23.8 Å². The fourth-order valence-electron chi connectivity index (χ4n) is 9.42. The van der Waals surface area contributed by atoms with Crippen molar-refractivity contribution in [1.29, 1.82) is 0 Å². The summed E-state index contributed by atoms with van der Waals surface area (Å²) in [7, 11) is 0. The molecule has 0 saturated heterocycles. The summed E-state index contributed by atoms with van der Waals surface area (Å²) < 4.78 is 34.6. The Bertz CT molecular complexity index is 3050. The summed E-state index contributed by atoms with van der Waals surface area (Å²) in [5.41, 5.74) is 8.42. The van der Waals surface area contributed by atoms with E-state index in [1.54, 1.807) is 49.1 Å². The number of carbonyl (C=O) groups is 2. The molecule has 0 spiro atoms. The smallest absolute Gasteiger partial charge is 0.323 e. The Hall–Kier alpha value is -7.44. The van der Waals surface area contributed by atoms with Gasteiger partial charge >= 0.3 is 12.1 Å². The summed E-state index contributed by atoms with van der Waals surface area (Å²) in [5, 5.41) is 39.0. The lowest BCUT2D eigenvalue weighted by Gasteiger charge is -2.33. The topological polar surface area (TPSA) is 228 Å². The maximum atomic E-state index is 12.2. The fourth-order valence-corrected chi connectivity index (χ4v) is 9.42. The predicted octanol–water partition coefficient (Wildman–Crippen LogP) is 12.6. The highest BCUT2D eigenvalue weighted by molar-refractivity contribution is 6.00. The average Bonchev–Trinajstić information content (AvgIpc) is 3.14. The lowest BCUT2D eigenvalue weighted by atomic mass is 10.0. The number of nitrogens with zero attached hydrogens (tertiary/aromatic N) is 2. The Kier molecular flexibility index (Phi) is 27.6. The quantitative estimate of drug-likeness (QED) is 0.0150. The number of urea groups is 2. The van der Waals surface area contributed by atoms with Gasteiger partial charge in [0.1, 0.15) is 11.5 Å². The number of hydrogen-bond acceptors (Lipinski definition) is 14. The Morgan fingerprint density at radius 2 is 1.02 bits per heavy atom. The number of aliphatic hydroxyl groups is 2. The van der Waals surface area contributed by atoms with E-state index in [4.69, 9.17) is 28.4 Å². The molecule has 2 atom stereocenters. The fraction of sp³-hybridized carbons (Fsp3) is 0.441. The van der Waals surface area contributed by atoms with Gasteiger partial charge in [-0.1, -0.05) is 67.9 Å². The number of carbonyl (C=O) groups excluding carboxylic acids is 2. The lowest BCUT2D eigenvalue weighted by molar-refractivity contribution is -0.180. The molecule has 2 aliphatic rings. The Labute approximate surface area is 507 Å². The molecular weight excluding hydrogens is 1090 g/mol. The largest absolute Gasteiger partial charge is 0.463 e. The van der Waals surface area contributed by atoms with E-state index in [9.17, 15) is 19.8 Å². The number of amides is 4. The predicted molar refractivity (Wildman–Crippen MR) is 337 cm³/mol. The van der Waals surface area contributed by atoms with Crippen molar-refractivity contribution >= 4 is 34.8 Å². The number of nitrogens with one attached hydrogen (secondary N) is 6. The van der Waals surface area contributed by atoms with Gasteiger partial charge in [0, 0.05) is 107 Å². The van der Waals surface area contributed by atoms with Crippen LogP contribution >= 0.6 is 0 Å². The summed E-state index contributed by atoms with van der Waals surface area (Å²) >= 11 is 0. The Morgan fingerprint density at radius 3 is 1.56 bits per heavy atom. The van der Waals surface area contributed by atoms with Crippen LogP contribution in [-0.2, 0) is 38.6 Å². The van der Waals surface area contributed by atoms with E-state index >= 15 is 0 Å². The molecule has 0 aliphatic carbocycles. The molecule has 86 heavy (non-hydrogen) atoms. The van der Waals surface area contributed by atoms with Gasteiger partial charge in [-0.05, 0) is 154 Å². The van der Waals surface area contributed by atoms with E-state index in [-0.39, 0.29) is 12.1 Å². The number of aryl methyl sites for hydroxylation is 1. The summed E-state index contributed by atoms with van der Waals surface area (Å²) in [6, 6.07) is 33.5. The van der Waals surface area contributed by atoms with Gasteiger partial charge < -0.3 is 70.5 Å². The minimum Gasteiger partial charge on any atom is -0.463 e. The minimum atomic E-state index is -0.618. The van der Waals surface area contributed by atoms with Gasteiger partial charge in [0.2, 0.25) is 11.6 Å². The maximum absolute atomic E-state index is 12.2. The molecule has 18 nitrogen and oxygen atoms in total. The first-order valence-electron chi connectivity index (χ1n) is 30.2. The highest BCUT2D eigenvalue weighted by atomic mass is 16.7. The number of ether oxygens (including phenoxy) is 6. The second-order valence-corrected chi connectivity index (χ2v) is 22.2. The van der Waals surface area contributed by atoms with Crippen LogP contribution in [0.25, 0.3) is 0 Å². The van der Waals surface area contributed by atoms with Crippen molar-refractivity contribution in [1.82, 2.24) is 20.6 Å². The van der Waals surface area contributed by atoms with E-state index in [0.29, 0.717) is 56.4 Å². The van der Waals surface area contributed by atoms with Gasteiger partial charge in [-0.15, -0.1) is 0 Å². The van der Waals surface area contributed by atoms with Crippen LogP contribution in [0.5, 0.6) is 11.5 Å². The molecule has 8 N–H and O–H groups in total. The number of aliphatic hydroxyl groups excluding tert-OH is 2. The zero-order chi connectivity index (χ0) is 60.7. The molecule has 0 bridgehead atoms. The second-order valence-electron chi connectivity index (χ2n) is 22.2. The molecule has 4 aromatic carbocycles. The van der Waals surface area contributed by atoms with E-state index in [0.717, 1.165) is 149 Å². The molecule has 6 aromatic rings. The zero-order valence-corrected chi connectivity index (χ0v) is 50.5. The Balaban J connectivity index is 0.000000246. The van der Waals surface area contributed by atoms with Crippen molar-refractivity contribution in [2.24, 2.45) is 0 Å². The molecule has 0 unspecified atom stereocenters. The monoisotopic (exact) mass is 1180 g/mol. The van der Waals surface area contributed by atoms with E-state index in [2.05, 4.69) is 59.8 Å². The third-order valence-electron chi connectivity index (χ3n) is 14.0. The number of aromatic nitrogens is 2. The van der Waals surface area contributed by atoms with E-state index in [1.807, 2.05) is 107 Å². The molecule has 8 rings (SSSR count). The second kappa shape index (κ2) is 35.9. The molecular formula is C68H88N8O10. The minimum absolute atomic E-state index is 0.286. The molecule has 2 aliphatic heterocycles. The third-order valence-corrected chi connectivity index (χ3v) is 14.0. The number of rotatable bonds is 31. The standard InChI is InChI=1S/C34H46N4O5.C34H42N4O5/c2*1-34(2)42-25-28-22-27(15-16-32(28)43-34)31(39)24-36-17-6-3-4-7-19-41-20-8-5-11-26-12-9-13-29(21-26)37-33(40)38-30-14-10-18-35-23-30/h9-10,12-16,18,21-23,31,36,39H,3-8,11,17,19-20,24-25H2,1-2H3,(H2,37,38,40);9-10,12-16,18,21-23,31,36,39H,3-4,6-8,17,19-20,24-25H2,1-2H3,(H2,37,38,40)/t2*31-/m00/s1. The van der Waals surface area contributed by atoms with Crippen molar-refractivity contribution in [2.45, 2.75) is 142 Å². The van der Waals surface area contributed by atoms with Crippen LogP contribution in [0.2, 0.25) is 0 Å². The highest BCUT2D eigenvalue weighted by Gasteiger charge is 2.29. The number of pyridine rings is 2. The highest BCUT2D eigenvalue weighted by Crippen LogP contribution is 2.34. The van der Waals surface area contributed by atoms with Crippen molar-refractivity contribution in [3.05, 3.63) is 167 Å². The third kappa shape index (κ3) is 24.9. The molecule has 0 radical (unpaired) electrons. The number of unbranched alkanes of at least 4 members (excludes halogenated alkanes) is 7. The molecule has 2 aromatic heterocycles. The number of benzene rings is 4. The molecule has 460 valence electrons. The number of fused-ring (bicyclic) bond motifs is 2. The normalized spacial score (nSPS) is 14.2. The van der Waals surface area contributed by atoms with E-state index in [1.165, 1.54) is 5.56 Å².